The summed E-state index contributed by atoms with van der Waals surface area (Å²) in [5.41, 5.74) is 0. The lowest BCUT2D eigenvalue weighted by atomic mass is 10.1. The zero-order chi connectivity index (χ0) is 44.7. The van der Waals surface area contributed by atoms with Crippen LogP contribution < -0.4 is 4.89 Å². The maximum atomic E-state index is 12.7. The zero-order valence-electron chi connectivity index (χ0n) is 39.5. The van der Waals surface area contributed by atoms with Crippen molar-refractivity contribution in [2.45, 2.75) is 212 Å². The molecule has 1 saturated heterocycles. The standard InChI is InChI=1S/C50H90NO9P/c1-6-8-10-12-14-16-17-18-19-20-21-22-23-24-25-27-29-31-37-41-50(53)59-46(45-58-61(54,55)57-43-42-51(3,4)5)44-56-49(52)40-36-33-32-35-39-48-47(60-48)38-34-30-28-26-15-13-11-9-7-2/h15,18-19,26,30,32,34-35,46-48H,6-14,16-17,20-25,27-29,31,33,36-45H2,1-5H3/b19-18-,26-15-,34-30-,35-32-/t46-,47?,48?/m1/s1. The van der Waals surface area contributed by atoms with Crippen LogP contribution in [0.25, 0.3) is 0 Å². The number of phosphoric ester groups is 1. The molecule has 0 radical (unpaired) electrons. The molecule has 3 unspecified atom stereocenters. The zero-order valence-corrected chi connectivity index (χ0v) is 40.4. The van der Waals surface area contributed by atoms with Gasteiger partial charge in [0.2, 0.25) is 0 Å². The van der Waals surface area contributed by atoms with Crippen LogP contribution in [0.4, 0.5) is 0 Å². The van der Waals surface area contributed by atoms with Crippen LogP contribution in [0, 0.1) is 0 Å². The monoisotopic (exact) mass is 880 g/mol. The lowest BCUT2D eigenvalue weighted by Crippen LogP contribution is -2.37. The van der Waals surface area contributed by atoms with Crippen molar-refractivity contribution in [2.75, 3.05) is 47.5 Å². The summed E-state index contributed by atoms with van der Waals surface area (Å²) in [6, 6.07) is 0. The fourth-order valence-electron chi connectivity index (χ4n) is 6.74. The van der Waals surface area contributed by atoms with E-state index in [1.165, 1.54) is 103 Å². The molecule has 4 atom stereocenters. The number of nitrogens with zero attached hydrogens (tertiary/aromatic N) is 1. The summed E-state index contributed by atoms with van der Waals surface area (Å²) in [7, 11) is 1.12. The number of allylic oxidation sites excluding steroid dienone is 6. The molecule has 0 bridgehead atoms. The van der Waals surface area contributed by atoms with Crippen molar-refractivity contribution in [1.82, 2.24) is 0 Å². The van der Waals surface area contributed by atoms with E-state index >= 15 is 0 Å². The maximum absolute atomic E-state index is 12.7. The van der Waals surface area contributed by atoms with Crippen LogP contribution in [0.2, 0.25) is 0 Å². The van der Waals surface area contributed by atoms with Crippen LogP contribution in [0.3, 0.4) is 0 Å². The summed E-state index contributed by atoms with van der Waals surface area (Å²) in [5.74, 6) is -0.909. The molecule has 0 amide bonds. The fourth-order valence-corrected chi connectivity index (χ4v) is 7.47. The van der Waals surface area contributed by atoms with Crippen LogP contribution in [0.5, 0.6) is 0 Å². The van der Waals surface area contributed by atoms with Crippen LogP contribution in [-0.4, -0.2) is 82.2 Å². The number of phosphoric acid groups is 1. The molecule has 1 rings (SSSR count). The van der Waals surface area contributed by atoms with Gasteiger partial charge in [-0.05, 0) is 77.0 Å². The molecular weight excluding hydrogens is 790 g/mol. The average Bonchev–Trinajstić information content (AvgIpc) is 3.97. The van der Waals surface area contributed by atoms with Gasteiger partial charge in [0.25, 0.3) is 7.82 Å². The number of carbonyl (C=O) groups excluding carboxylic acids is 2. The third-order valence-electron chi connectivity index (χ3n) is 10.7. The number of ether oxygens (including phenoxy) is 3. The molecule has 0 aromatic carbocycles. The highest BCUT2D eigenvalue weighted by Crippen LogP contribution is 2.38. The molecule has 354 valence electrons. The molecule has 0 aromatic rings. The Hall–Kier alpha value is -2.07. The predicted molar refractivity (Wildman–Crippen MR) is 249 cm³/mol. The molecule has 1 aliphatic heterocycles. The van der Waals surface area contributed by atoms with Crippen molar-refractivity contribution in [1.29, 1.82) is 0 Å². The second kappa shape index (κ2) is 38.4. The molecular formula is C50H90NO9P. The Morgan fingerprint density at radius 2 is 1.05 bits per heavy atom. The normalized spacial score (nSPS) is 17.2. The predicted octanol–water partition coefficient (Wildman–Crippen LogP) is 12.6. The summed E-state index contributed by atoms with van der Waals surface area (Å²) < 4.78 is 39.7. The van der Waals surface area contributed by atoms with Gasteiger partial charge in [0.05, 0.1) is 40.0 Å². The minimum atomic E-state index is -4.65. The first kappa shape index (κ1) is 56.9. The largest absolute Gasteiger partial charge is 0.756 e. The van der Waals surface area contributed by atoms with E-state index in [4.69, 9.17) is 23.3 Å². The molecule has 0 saturated carbocycles. The molecule has 10 nitrogen and oxygen atoms in total. The number of hydrogen-bond acceptors (Lipinski definition) is 9. The third-order valence-corrected chi connectivity index (χ3v) is 11.7. The van der Waals surface area contributed by atoms with Gasteiger partial charge in [0.1, 0.15) is 19.8 Å². The number of quaternary nitrogens is 1. The van der Waals surface area contributed by atoms with Crippen LogP contribution in [0.1, 0.15) is 194 Å². The second-order valence-corrected chi connectivity index (χ2v) is 19.3. The summed E-state index contributed by atoms with van der Waals surface area (Å²) in [6.07, 6.45) is 47.4. The highest BCUT2D eigenvalue weighted by molar-refractivity contribution is 7.45. The quantitative estimate of drug-likeness (QED) is 0.0147. The highest BCUT2D eigenvalue weighted by Gasteiger charge is 2.36. The average molecular weight is 880 g/mol. The van der Waals surface area contributed by atoms with Crippen molar-refractivity contribution in [2.24, 2.45) is 0 Å². The van der Waals surface area contributed by atoms with E-state index in [-0.39, 0.29) is 38.3 Å². The number of unbranched alkanes of at least 4 members (excludes halogenated alkanes) is 19. The SMILES string of the molecule is CCCCC/C=C\C/C=C\CC1OC1C/C=C\CCCC(=O)OC[C@H](COP(=O)([O-])OCC[N+](C)(C)C)OC(=O)CCCCCCCCCCC/C=C\CCCCCCCC. The Labute approximate surface area is 373 Å². The van der Waals surface area contributed by atoms with E-state index in [1.807, 2.05) is 21.1 Å². The first-order chi connectivity index (χ1) is 29.5. The topological polar surface area (TPSA) is 124 Å². The smallest absolute Gasteiger partial charge is 0.306 e. The van der Waals surface area contributed by atoms with Crippen LogP contribution in [-0.2, 0) is 37.4 Å². The summed E-state index contributed by atoms with van der Waals surface area (Å²) >= 11 is 0. The maximum Gasteiger partial charge on any atom is 0.306 e. The molecule has 0 aromatic heterocycles. The van der Waals surface area contributed by atoms with Gasteiger partial charge in [0, 0.05) is 12.8 Å². The van der Waals surface area contributed by atoms with E-state index in [0.29, 0.717) is 23.9 Å². The number of likely N-dealkylation sites (N-methyl/N-ethyl adjacent to an activating group) is 1. The van der Waals surface area contributed by atoms with Crippen molar-refractivity contribution >= 4 is 19.8 Å². The van der Waals surface area contributed by atoms with Crippen LogP contribution in [0.15, 0.2) is 48.6 Å². The molecule has 1 heterocycles. The van der Waals surface area contributed by atoms with Gasteiger partial charge < -0.3 is 32.6 Å². The summed E-state index contributed by atoms with van der Waals surface area (Å²) in [5, 5.41) is 0. The molecule has 11 heteroatoms. The van der Waals surface area contributed by atoms with Crippen molar-refractivity contribution < 1.29 is 46.8 Å². The van der Waals surface area contributed by atoms with Gasteiger partial charge in [-0.1, -0.05) is 152 Å². The van der Waals surface area contributed by atoms with Gasteiger partial charge in [-0.25, -0.2) is 0 Å². The minimum absolute atomic E-state index is 0.0435. The van der Waals surface area contributed by atoms with Crippen molar-refractivity contribution in [3.05, 3.63) is 48.6 Å². The third kappa shape index (κ3) is 39.3. The van der Waals surface area contributed by atoms with Gasteiger partial charge in [0.15, 0.2) is 6.10 Å². The number of rotatable bonds is 43. The molecule has 1 fully saturated rings. The molecule has 0 aliphatic carbocycles. The molecule has 1 aliphatic rings. The Morgan fingerprint density at radius 1 is 0.590 bits per heavy atom. The number of hydrogen-bond donors (Lipinski definition) is 0. The van der Waals surface area contributed by atoms with Crippen molar-refractivity contribution in [3.8, 4) is 0 Å². The first-order valence-electron chi connectivity index (χ1n) is 24.5. The van der Waals surface area contributed by atoms with Gasteiger partial charge in [-0.15, -0.1) is 0 Å². The number of esters is 2. The highest BCUT2D eigenvalue weighted by atomic mass is 31.2. The van der Waals surface area contributed by atoms with E-state index in [1.54, 1.807) is 0 Å². The van der Waals surface area contributed by atoms with Gasteiger partial charge in [-0.2, -0.15) is 0 Å². The molecule has 0 spiro atoms. The molecule has 0 N–H and O–H groups in total. The number of carbonyl (C=O) groups is 2. The summed E-state index contributed by atoms with van der Waals surface area (Å²) in [4.78, 5) is 37.7. The lowest BCUT2D eigenvalue weighted by molar-refractivity contribution is -0.870. The van der Waals surface area contributed by atoms with Gasteiger partial charge in [-0.3, -0.25) is 14.2 Å². The summed E-state index contributed by atoms with van der Waals surface area (Å²) in [6.45, 7) is 4.12. The van der Waals surface area contributed by atoms with E-state index < -0.39 is 32.5 Å². The minimum Gasteiger partial charge on any atom is -0.756 e. The first-order valence-corrected chi connectivity index (χ1v) is 25.9. The Bertz CT molecular complexity index is 1240. The van der Waals surface area contributed by atoms with Crippen molar-refractivity contribution in [3.63, 3.8) is 0 Å². The molecule has 61 heavy (non-hydrogen) atoms. The van der Waals surface area contributed by atoms with E-state index in [2.05, 4.69) is 62.5 Å². The number of epoxide rings is 1. The van der Waals surface area contributed by atoms with Crippen LogP contribution >= 0.6 is 7.82 Å². The fraction of sp³-hybridized carbons (Fsp3) is 0.800. The second-order valence-electron chi connectivity index (χ2n) is 17.9. The Balaban J connectivity index is 2.28. The van der Waals surface area contributed by atoms with Gasteiger partial charge >= 0.3 is 11.9 Å². The Morgan fingerprint density at radius 3 is 1.66 bits per heavy atom. The Kier molecular flexibility index (Phi) is 35.8. The lowest BCUT2D eigenvalue weighted by Gasteiger charge is -2.28. The van der Waals surface area contributed by atoms with E-state index in [9.17, 15) is 19.0 Å². The van der Waals surface area contributed by atoms with E-state index in [0.717, 1.165) is 51.4 Å².